The highest BCUT2D eigenvalue weighted by Gasteiger charge is 2.18. The molecule has 0 saturated carbocycles. The van der Waals surface area contributed by atoms with E-state index in [1.54, 1.807) is 0 Å². The predicted octanol–water partition coefficient (Wildman–Crippen LogP) is 0.132. The van der Waals surface area contributed by atoms with E-state index >= 15 is 0 Å². The highest BCUT2D eigenvalue weighted by molar-refractivity contribution is 7.88. The molecule has 0 aliphatic rings. The Morgan fingerprint density at radius 1 is 1.17 bits per heavy atom. The lowest BCUT2D eigenvalue weighted by Gasteiger charge is -2.10. The van der Waals surface area contributed by atoms with Crippen LogP contribution in [0.3, 0.4) is 0 Å². The molecule has 98 valence electrons. The molecule has 18 heavy (non-hydrogen) atoms. The number of carboxylic acids is 2. The number of carboxylic acid groups (broad SMARTS) is 2. The van der Waals surface area contributed by atoms with Gasteiger partial charge in [0.25, 0.3) is 0 Å². The molecule has 0 aliphatic carbocycles. The smallest absolute Gasteiger partial charge is 0.336 e. The molecule has 1 aromatic carbocycles. The van der Waals surface area contributed by atoms with Gasteiger partial charge in [0.05, 0.1) is 17.4 Å². The minimum atomic E-state index is -3.54. The van der Waals surface area contributed by atoms with Crippen molar-refractivity contribution < 1.29 is 28.2 Å². The lowest BCUT2D eigenvalue weighted by Crippen LogP contribution is -2.24. The van der Waals surface area contributed by atoms with Crippen LogP contribution in [0, 0.1) is 0 Å². The first-order valence-corrected chi connectivity index (χ1v) is 6.64. The Bertz CT molecular complexity index is 560. The van der Waals surface area contributed by atoms with E-state index in [0.29, 0.717) is 0 Å². The Hall–Kier alpha value is -1.93. The maximum atomic E-state index is 11.0. The summed E-state index contributed by atoms with van der Waals surface area (Å²) in [7, 11) is -3.54. The van der Waals surface area contributed by atoms with E-state index in [2.05, 4.69) is 4.72 Å². The van der Waals surface area contributed by atoms with Gasteiger partial charge in [-0.3, -0.25) is 0 Å². The number of aromatic carboxylic acids is 2. The fourth-order valence-electron chi connectivity index (χ4n) is 1.38. The van der Waals surface area contributed by atoms with Crippen molar-refractivity contribution in [1.29, 1.82) is 0 Å². The summed E-state index contributed by atoms with van der Waals surface area (Å²) < 4.78 is 24.0. The zero-order valence-electron chi connectivity index (χ0n) is 9.37. The summed E-state index contributed by atoms with van der Waals surface area (Å²) in [5, 5.41) is 17.9. The molecule has 0 aliphatic heterocycles. The van der Waals surface area contributed by atoms with Crippen molar-refractivity contribution in [3.05, 3.63) is 34.9 Å². The van der Waals surface area contributed by atoms with Crippen LogP contribution < -0.4 is 4.72 Å². The van der Waals surface area contributed by atoms with Crippen molar-refractivity contribution in [2.45, 2.75) is 6.54 Å². The number of nitrogens with one attached hydrogen (secondary N) is 1. The number of hydrogen-bond donors (Lipinski definition) is 3. The standard InChI is InChI=1S/C10H11NO6S/c1-18(16,17)11-5-8-6(9(12)13)3-2-4-7(8)10(14)15/h2-4,11H,5H2,1H3,(H,12,13)(H,14,15). The first kappa shape index (κ1) is 14.1. The Balaban J connectivity index is 3.27. The van der Waals surface area contributed by atoms with Gasteiger partial charge in [-0.25, -0.2) is 22.7 Å². The maximum absolute atomic E-state index is 11.0. The van der Waals surface area contributed by atoms with Gasteiger partial charge in [-0.05, 0) is 17.7 Å². The van der Waals surface area contributed by atoms with Crippen LogP contribution in [0.1, 0.15) is 26.3 Å². The molecular formula is C10H11NO6S. The second-order valence-corrected chi connectivity index (χ2v) is 5.37. The van der Waals surface area contributed by atoms with Gasteiger partial charge in [-0.1, -0.05) is 6.07 Å². The van der Waals surface area contributed by atoms with Gasteiger partial charge < -0.3 is 10.2 Å². The summed E-state index contributed by atoms with van der Waals surface area (Å²) in [6, 6.07) is 3.72. The first-order chi connectivity index (χ1) is 8.22. The fourth-order valence-corrected chi connectivity index (χ4v) is 1.79. The summed E-state index contributed by atoms with van der Waals surface area (Å²) >= 11 is 0. The molecule has 0 fully saturated rings. The van der Waals surface area contributed by atoms with Crippen LogP contribution in [0.15, 0.2) is 18.2 Å². The molecule has 7 nitrogen and oxygen atoms in total. The zero-order valence-corrected chi connectivity index (χ0v) is 10.2. The van der Waals surface area contributed by atoms with Gasteiger partial charge in [0.1, 0.15) is 0 Å². The zero-order chi connectivity index (χ0) is 13.9. The Labute approximate surface area is 103 Å². The molecule has 0 heterocycles. The molecule has 0 aromatic heterocycles. The van der Waals surface area contributed by atoms with Gasteiger partial charge in [-0.15, -0.1) is 0 Å². The van der Waals surface area contributed by atoms with E-state index in [1.807, 2.05) is 0 Å². The van der Waals surface area contributed by atoms with Gasteiger partial charge >= 0.3 is 11.9 Å². The molecule has 0 radical (unpaired) electrons. The van der Waals surface area contributed by atoms with Crippen LogP contribution >= 0.6 is 0 Å². The maximum Gasteiger partial charge on any atom is 0.336 e. The molecule has 1 rings (SSSR count). The van der Waals surface area contributed by atoms with E-state index in [4.69, 9.17) is 10.2 Å². The van der Waals surface area contributed by atoms with Crippen molar-refractivity contribution in [2.24, 2.45) is 0 Å². The largest absolute Gasteiger partial charge is 0.478 e. The minimum Gasteiger partial charge on any atom is -0.478 e. The molecular weight excluding hydrogens is 262 g/mol. The van der Waals surface area contributed by atoms with Crippen molar-refractivity contribution in [1.82, 2.24) is 4.72 Å². The van der Waals surface area contributed by atoms with Crippen LogP contribution in [-0.2, 0) is 16.6 Å². The molecule has 0 saturated heterocycles. The monoisotopic (exact) mass is 273 g/mol. The average molecular weight is 273 g/mol. The molecule has 8 heteroatoms. The quantitative estimate of drug-likeness (QED) is 0.701. The van der Waals surface area contributed by atoms with Crippen molar-refractivity contribution in [3.63, 3.8) is 0 Å². The fraction of sp³-hybridized carbons (Fsp3) is 0.200. The second-order valence-electron chi connectivity index (χ2n) is 3.54. The summed E-state index contributed by atoms with van der Waals surface area (Å²) in [6.45, 7) is -0.386. The molecule has 0 atom stereocenters. The number of sulfonamides is 1. The third kappa shape index (κ3) is 3.54. The van der Waals surface area contributed by atoms with Gasteiger partial charge in [-0.2, -0.15) is 0 Å². The van der Waals surface area contributed by atoms with Gasteiger partial charge in [0.2, 0.25) is 10.0 Å². The number of hydrogen-bond acceptors (Lipinski definition) is 4. The van der Waals surface area contributed by atoms with E-state index in [-0.39, 0.29) is 23.2 Å². The minimum absolute atomic E-state index is 0.0806. The number of benzene rings is 1. The van der Waals surface area contributed by atoms with Crippen LogP contribution in [0.4, 0.5) is 0 Å². The van der Waals surface area contributed by atoms with E-state index < -0.39 is 22.0 Å². The number of carbonyl (C=O) groups is 2. The van der Waals surface area contributed by atoms with E-state index in [1.165, 1.54) is 18.2 Å². The van der Waals surface area contributed by atoms with Crippen molar-refractivity contribution in [3.8, 4) is 0 Å². The summed E-state index contributed by atoms with van der Waals surface area (Å²) in [5.41, 5.74) is -0.569. The second kappa shape index (κ2) is 5.15. The van der Waals surface area contributed by atoms with Crippen LogP contribution in [0.5, 0.6) is 0 Å². The van der Waals surface area contributed by atoms with Crippen LogP contribution in [0.25, 0.3) is 0 Å². The lowest BCUT2D eigenvalue weighted by molar-refractivity contribution is 0.0695. The summed E-state index contributed by atoms with van der Waals surface area (Å²) in [5.74, 6) is -2.63. The van der Waals surface area contributed by atoms with Gasteiger partial charge in [0.15, 0.2) is 0 Å². The molecule has 1 aromatic rings. The molecule has 0 unspecified atom stereocenters. The average Bonchev–Trinajstić information content (AvgIpc) is 2.24. The summed E-state index contributed by atoms with van der Waals surface area (Å²) in [4.78, 5) is 21.9. The number of rotatable bonds is 5. The summed E-state index contributed by atoms with van der Waals surface area (Å²) in [6.07, 6.45) is 0.900. The Morgan fingerprint density at radius 3 is 1.94 bits per heavy atom. The molecule has 3 N–H and O–H groups in total. The van der Waals surface area contributed by atoms with Crippen molar-refractivity contribution in [2.75, 3.05) is 6.26 Å². The molecule has 0 amide bonds. The SMILES string of the molecule is CS(=O)(=O)NCc1c(C(=O)O)cccc1C(=O)O. The van der Waals surface area contributed by atoms with Crippen LogP contribution in [0.2, 0.25) is 0 Å². The molecule has 0 spiro atoms. The first-order valence-electron chi connectivity index (χ1n) is 4.75. The normalized spacial score (nSPS) is 11.2. The van der Waals surface area contributed by atoms with E-state index in [9.17, 15) is 18.0 Å². The predicted molar refractivity (Wildman–Crippen MR) is 62.0 cm³/mol. The molecule has 0 bridgehead atoms. The van der Waals surface area contributed by atoms with Crippen molar-refractivity contribution >= 4 is 22.0 Å². The Morgan fingerprint density at radius 2 is 1.61 bits per heavy atom. The highest BCUT2D eigenvalue weighted by Crippen LogP contribution is 2.15. The lowest BCUT2D eigenvalue weighted by atomic mass is 10.0. The third-order valence-electron chi connectivity index (χ3n) is 2.15. The highest BCUT2D eigenvalue weighted by atomic mass is 32.2. The third-order valence-corrected chi connectivity index (χ3v) is 2.82. The topological polar surface area (TPSA) is 121 Å². The van der Waals surface area contributed by atoms with Gasteiger partial charge in [0, 0.05) is 6.54 Å². The van der Waals surface area contributed by atoms with Crippen LogP contribution in [-0.4, -0.2) is 36.8 Å². The van der Waals surface area contributed by atoms with E-state index in [0.717, 1.165) is 6.26 Å². The Kier molecular flexibility index (Phi) is 4.04.